The average Bonchev–Trinajstić information content (AvgIpc) is 2.12. The van der Waals surface area contributed by atoms with Gasteiger partial charge in [0.1, 0.15) is 0 Å². The van der Waals surface area contributed by atoms with Crippen LogP contribution in [0.4, 0.5) is 0 Å². The third-order valence-electron chi connectivity index (χ3n) is 2.70. The van der Waals surface area contributed by atoms with E-state index in [9.17, 15) is 14.4 Å². The van der Waals surface area contributed by atoms with Crippen LogP contribution in [-0.2, 0) is 14.4 Å². The van der Waals surface area contributed by atoms with E-state index in [1.165, 1.54) is 0 Å². The Bertz CT molecular complexity index is 267. The highest BCUT2D eigenvalue weighted by atomic mass is 16.2. The Morgan fingerprint density at radius 3 is 1.11 bits per heavy atom. The van der Waals surface area contributed by atoms with E-state index in [4.69, 9.17) is 0 Å². The lowest BCUT2D eigenvalue weighted by Crippen LogP contribution is -2.46. The first-order chi connectivity index (χ1) is 8.36. The highest BCUT2D eigenvalue weighted by molar-refractivity contribution is 5.83. The summed E-state index contributed by atoms with van der Waals surface area (Å²) in [4.78, 5) is 34.8. The number of carbonyl (C=O) groups excluding carboxylic acids is 3. The zero-order chi connectivity index (χ0) is 13.7. The van der Waals surface area contributed by atoms with Gasteiger partial charge >= 0.3 is 0 Å². The van der Waals surface area contributed by atoms with Gasteiger partial charge in [-0.25, -0.2) is 0 Å². The van der Waals surface area contributed by atoms with Crippen molar-refractivity contribution in [3.8, 4) is 0 Å². The van der Waals surface area contributed by atoms with Crippen LogP contribution in [0.2, 0.25) is 0 Å². The summed E-state index contributed by atoms with van der Waals surface area (Å²) in [7, 11) is 0. The number of hydrogen-bond donors (Lipinski definition) is 3. The molecule has 3 N–H and O–H groups in total. The van der Waals surface area contributed by atoms with Gasteiger partial charge in [-0.1, -0.05) is 0 Å². The van der Waals surface area contributed by atoms with Gasteiger partial charge in [-0.2, -0.15) is 0 Å². The smallest absolute Gasteiger partial charge is 0.222 e. The van der Waals surface area contributed by atoms with Gasteiger partial charge in [0.25, 0.3) is 0 Å². The van der Waals surface area contributed by atoms with Crippen molar-refractivity contribution >= 4 is 17.7 Å². The lowest BCUT2D eigenvalue weighted by atomic mass is 10.1. The fraction of sp³-hybridized carbons (Fsp3) is 0.750. The molecule has 0 radical (unpaired) electrons. The Morgan fingerprint density at radius 2 is 0.889 bits per heavy atom. The van der Waals surface area contributed by atoms with Crippen LogP contribution in [0.5, 0.6) is 0 Å². The molecule has 102 valence electrons. The molecule has 6 heteroatoms. The lowest BCUT2D eigenvalue weighted by Gasteiger charge is -2.21. The summed E-state index contributed by atoms with van der Waals surface area (Å²) >= 11 is 0. The van der Waals surface area contributed by atoms with E-state index in [0.717, 1.165) is 0 Å². The molecule has 0 aromatic carbocycles. The molecule has 1 fully saturated rings. The summed E-state index contributed by atoms with van der Waals surface area (Å²) in [5.74, 6) is -0.467. The summed E-state index contributed by atoms with van der Waals surface area (Å²) in [5, 5.41) is 8.21. The molecule has 1 aliphatic heterocycles. The first-order valence-corrected chi connectivity index (χ1v) is 6.25. The van der Waals surface area contributed by atoms with E-state index in [2.05, 4.69) is 16.0 Å². The van der Waals surface area contributed by atoms with Crippen molar-refractivity contribution < 1.29 is 14.4 Å². The number of rotatable bonds is 0. The van der Waals surface area contributed by atoms with Crippen LogP contribution in [-0.4, -0.2) is 35.8 Å². The van der Waals surface area contributed by atoms with Gasteiger partial charge in [0.2, 0.25) is 17.7 Å². The Hall–Kier alpha value is -1.59. The molecule has 1 heterocycles. The molecule has 0 aliphatic carbocycles. The zero-order valence-corrected chi connectivity index (χ0v) is 11.1. The minimum atomic E-state index is -0.202. The molecule has 0 bridgehead atoms. The summed E-state index contributed by atoms with van der Waals surface area (Å²) in [6.07, 6.45) is 0.685. The lowest BCUT2D eigenvalue weighted by molar-refractivity contribution is -0.125. The molecule has 0 aromatic rings. The topological polar surface area (TPSA) is 87.3 Å². The highest BCUT2D eigenvalue weighted by Gasteiger charge is 2.19. The molecular formula is C12H21N3O3. The van der Waals surface area contributed by atoms with Crippen molar-refractivity contribution in [2.45, 2.75) is 58.2 Å². The Kier molecular flexibility index (Phi) is 5.12. The predicted molar refractivity (Wildman–Crippen MR) is 66.7 cm³/mol. The number of hydrogen-bond acceptors (Lipinski definition) is 3. The van der Waals surface area contributed by atoms with Gasteiger partial charge in [-0.15, -0.1) is 0 Å². The Balaban J connectivity index is 2.69. The third-order valence-corrected chi connectivity index (χ3v) is 2.70. The van der Waals surface area contributed by atoms with Crippen molar-refractivity contribution in [2.24, 2.45) is 0 Å². The van der Waals surface area contributed by atoms with Crippen LogP contribution in [0.15, 0.2) is 0 Å². The molecular weight excluding hydrogens is 234 g/mol. The fourth-order valence-corrected chi connectivity index (χ4v) is 1.99. The molecule has 3 atom stereocenters. The van der Waals surface area contributed by atoms with E-state index >= 15 is 0 Å². The summed E-state index contributed by atoms with van der Waals surface area (Å²) < 4.78 is 0. The summed E-state index contributed by atoms with van der Waals surface area (Å²) in [5.41, 5.74) is 0. The van der Waals surface area contributed by atoms with Crippen LogP contribution >= 0.6 is 0 Å². The predicted octanol–water partition coefficient (Wildman–Crippen LogP) is -0.316. The van der Waals surface area contributed by atoms with Crippen LogP contribution in [0.25, 0.3) is 0 Å². The van der Waals surface area contributed by atoms with Crippen molar-refractivity contribution in [1.82, 2.24) is 16.0 Å². The molecule has 0 aromatic heterocycles. The van der Waals surface area contributed by atoms with Crippen LogP contribution in [0.3, 0.4) is 0 Å². The van der Waals surface area contributed by atoms with Crippen molar-refractivity contribution in [3.05, 3.63) is 0 Å². The first kappa shape index (κ1) is 14.5. The minimum Gasteiger partial charge on any atom is -0.353 e. The highest BCUT2D eigenvalue weighted by Crippen LogP contribution is 2.00. The maximum absolute atomic E-state index is 11.6. The van der Waals surface area contributed by atoms with Gasteiger partial charge in [0.15, 0.2) is 0 Å². The number of amides is 3. The van der Waals surface area contributed by atoms with Gasteiger partial charge in [-0.05, 0) is 20.8 Å². The molecule has 3 unspecified atom stereocenters. The molecule has 1 aliphatic rings. The zero-order valence-electron chi connectivity index (χ0n) is 11.1. The normalized spacial score (nSPS) is 31.5. The summed E-state index contributed by atoms with van der Waals surface area (Å²) in [6, 6.07) is -0.605. The molecule has 1 saturated heterocycles. The van der Waals surface area contributed by atoms with Crippen molar-refractivity contribution in [1.29, 1.82) is 0 Å². The van der Waals surface area contributed by atoms with Crippen LogP contribution in [0.1, 0.15) is 40.0 Å². The molecule has 18 heavy (non-hydrogen) atoms. The first-order valence-electron chi connectivity index (χ1n) is 6.25. The monoisotopic (exact) mass is 255 g/mol. The SMILES string of the molecule is CC1CC(=O)NC(C)CC(=O)NC(C)CC(=O)N1. The van der Waals surface area contributed by atoms with Gasteiger partial charge in [0, 0.05) is 37.4 Å². The Labute approximate surface area is 107 Å². The van der Waals surface area contributed by atoms with E-state index in [0.29, 0.717) is 0 Å². The van der Waals surface area contributed by atoms with E-state index in [1.54, 1.807) is 20.8 Å². The number of carbonyl (C=O) groups is 3. The summed E-state index contributed by atoms with van der Waals surface area (Å²) in [6.45, 7) is 5.37. The minimum absolute atomic E-state index is 0.156. The van der Waals surface area contributed by atoms with E-state index in [-0.39, 0.29) is 55.1 Å². The second-order valence-electron chi connectivity index (χ2n) is 5.02. The van der Waals surface area contributed by atoms with Crippen LogP contribution in [0, 0.1) is 0 Å². The second kappa shape index (κ2) is 6.37. The molecule has 1 rings (SSSR count). The van der Waals surface area contributed by atoms with Gasteiger partial charge in [0.05, 0.1) is 0 Å². The molecule has 0 saturated carbocycles. The Morgan fingerprint density at radius 1 is 0.667 bits per heavy atom. The standard InChI is InChI=1S/C12H21N3O3/c1-7-4-10(16)14-9(3)6-12(18)15-8(2)5-11(17)13-7/h7-9H,4-6H2,1-3H3,(H,13,17)(H,14,16)(H,15,18). The van der Waals surface area contributed by atoms with Gasteiger partial charge < -0.3 is 16.0 Å². The largest absolute Gasteiger partial charge is 0.353 e. The van der Waals surface area contributed by atoms with E-state index in [1.807, 2.05) is 0 Å². The quantitative estimate of drug-likeness (QED) is 0.554. The second-order valence-corrected chi connectivity index (χ2v) is 5.02. The van der Waals surface area contributed by atoms with Crippen molar-refractivity contribution in [2.75, 3.05) is 0 Å². The van der Waals surface area contributed by atoms with Crippen molar-refractivity contribution in [3.63, 3.8) is 0 Å². The average molecular weight is 255 g/mol. The maximum Gasteiger partial charge on any atom is 0.222 e. The fourth-order valence-electron chi connectivity index (χ4n) is 1.99. The maximum atomic E-state index is 11.6. The van der Waals surface area contributed by atoms with Gasteiger partial charge in [-0.3, -0.25) is 14.4 Å². The molecule has 6 nitrogen and oxygen atoms in total. The van der Waals surface area contributed by atoms with Crippen LogP contribution < -0.4 is 16.0 Å². The number of nitrogens with one attached hydrogen (secondary N) is 3. The third kappa shape index (κ3) is 5.16. The molecule has 0 spiro atoms. The molecule has 3 amide bonds. The van der Waals surface area contributed by atoms with E-state index < -0.39 is 0 Å².